The fraction of sp³-hybridized carbons (Fsp3) is 0.562. The lowest BCUT2D eigenvalue weighted by atomic mass is 10.2. The SMILES string of the molecule is CC(C)c1noc(CN2CCN(c3ncnc4c3cnn4C)CC2)n1. The van der Waals surface area contributed by atoms with Crippen molar-refractivity contribution in [3.05, 3.63) is 24.2 Å². The number of piperazine rings is 1. The predicted octanol–water partition coefficient (Wildman–Crippen LogP) is 1.19. The molecule has 0 bridgehead atoms. The number of aromatic nitrogens is 6. The van der Waals surface area contributed by atoms with Gasteiger partial charge < -0.3 is 9.42 Å². The third kappa shape index (κ3) is 3.07. The highest BCUT2D eigenvalue weighted by Gasteiger charge is 2.22. The van der Waals surface area contributed by atoms with Gasteiger partial charge in [-0.1, -0.05) is 19.0 Å². The Bertz CT molecular complexity index is 862. The molecule has 3 aromatic rings. The number of hydrogen-bond donors (Lipinski definition) is 0. The molecule has 1 fully saturated rings. The van der Waals surface area contributed by atoms with Crippen LogP contribution < -0.4 is 4.90 Å². The van der Waals surface area contributed by atoms with Crippen LogP contribution in [0.25, 0.3) is 11.0 Å². The Balaban J connectivity index is 1.42. The third-order valence-corrected chi connectivity index (χ3v) is 4.54. The summed E-state index contributed by atoms with van der Waals surface area (Å²) in [5.74, 6) is 2.70. The molecule has 0 spiro atoms. The Kier molecular flexibility index (Phi) is 4.08. The standard InChI is InChI=1S/C16H22N8O/c1-11(2)14-20-13(25-21-14)9-23-4-6-24(7-5-23)16-12-8-19-22(3)15(12)17-10-18-16/h8,10-11H,4-7,9H2,1-3H3. The van der Waals surface area contributed by atoms with E-state index in [0.717, 1.165) is 48.9 Å². The van der Waals surface area contributed by atoms with Gasteiger partial charge in [0.1, 0.15) is 12.1 Å². The summed E-state index contributed by atoms with van der Waals surface area (Å²) >= 11 is 0. The molecule has 0 radical (unpaired) electrons. The van der Waals surface area contributed by atoms with Crippen LogP contribution in [-0.4, -0.2) is 61.0 Å². The van der Waals surface area contributed by atoms with Crippen LogP contribution in [0.1, 0.15) is 31.5 Å². The van der Waals surface area contributed by atoms with Crippen molar-refractivity contribution in [3.63, 3.8) is 0 Å². The van der Waals surface area contributed by atoms with Crippen molar-refractivity contribution in [2.24, 2.45) is 7.05 Å². The van der Waals surface area contributed by atoms with Gasteiger partial charge in [0.05, 0.1) is 18.1 Å². The molecule has 132 valence electrons. The van der Waals surface area contributed by atoms with E-state index in [4.69, 9.17) is 4.52 Å². The summed E-state index contributed by atoms with van der Waals surface area (Å²) in [7, 11) is 1.90. The van der Waals surface area contributed by atoms with E-state index in [1.807, 2.05) is 13.2 Å². The molecule has 9 heteroatoms. The molecule has 9 nitrogen and oxygen atoms in total. The fourth-order valence-corrected chi connectivity index (χ4v) is 3.08. The van der Waals surface area contributed by atoms with Gasteiger partial charge in [-0.3, -0.25) is 9.58 Å². The minimum atomic E-state index is 0.286. The van der Waals surface area contributed by atoms with Gasteiger partial charge >= 0.3 is 0 Å². The number of nitrogens with zero attached hydrogens (tertiary/aromatic N) is 8. The Hall–Kier alpha value is -2.55. The maximum atomic E-state index is 5.35. The molecule has 0 unspecified atom stereocenters. The molecule has 1 saturated heterocycles. The Labute approximate surface area is 145 Å². The number of anilines is 1. The van der Waals surface area contributed by atoms with Crippen LogP contribution in [0.2, 0.25) is 0 Å². The van der Waals surface area contributed by atoms with Crippen LogP contribution in [0.3, 0.4) is 0 Å². The molecule has 0 aliphatic carbocycles. The van der Waals surface area contributed by atoms with E-state index in [2.05, 4.69) is 48.9 Å². The summed E-state index contributed by atoms with van der Waals surface area (Å²) in [5, 5.41) is 9.32. The number of rotatable bonds is 4. The van der Waals surface area contributed by atoms with E-state index in [-0.39, 0.29) is 5.92 Å². The molecule has 0 amide bonds. The summed E-state index contributed by atoms with van der Waals surface area (Å²) in [6.07, 6.45) is 3.44. The molecule has 4 rings (SSSR count). The van der Waals surface area contributed by atoms with E-state index < -0.39 is 0 Å². The predicted molar refractivity (Wildman–Crippen MR) is 92.2 cm³/mol. The van der Waals surface area contributed by atoms with E-state index in [1.54, 1.807) is 11.0 Å². The quantitative estimate of drug-likeness (QED) is 0.698. The molecular weight excluding hydrogens is 320 g/mol. The molecule has 0 N–H and O–H groups in total. The van der Waals surface area contributed by atoms with Gasteiger partial charge in [-0.05, 0) is 0 Å². The first kappa shape index (κ1) is 15.9. The largest absolute Gasteiger partial charge is 0.353 e. The van der Waals surface area contributed by atoms with E-state index in [1.165, 1.54) is 0 Å². The average molecular weight is 342 g/mol. The van der Waals surface area contributed by atoms with E-state index in [9.17, 15) is 0 Å². The van der Waals surface area contributed by atoms with Crippen LogP contribution in [-0.2, 0) is 13.6 Å². The molecule has 25 heavy (non-hydrogen) atoms. The topological polar surface area (TPSA) is 89.0 Å². The van der Waals surface area contributed by atoms with Crippen molar-refractivity contribution in [2.45, 2.75) is 26.3 Å². The molecule has 3 aromatic heterocycles. The summed E-state index contributed by atoms with van der Waals surface area (Å²) in [4.78, 5) is 17.9. The fourth-order valence-electron chi connectivity index (χ4n) is 3.08. The zero-order chi connectivity index (χ0) is 17.4. The van der Waals surface area contributed by atoms with Crippen LogP contribution >= 0.6 is 0 Å². The third-order valence-electron chi connectivity index (χ3n) is 4.54. The minimum absolute atomic E-state index is 0.286. The Morgan fingerprint density at radius 1 is 1.16 bits per heavy atom. The molecule has 1 aliphatic heterocycles. The zero-order valence-corrected chi connectivity index (χ0v) is 14.8. The highest BCUT2D eigenvalue weighted by atomic mass is 16.5. The van der Waals surface area contributed by atoms with Gasteiger partial charge in [0.2, 0.25) is 5.89 Å². The first-order valence-electron chi connectivity index (χ1n) is 8.54. The molecular formula is C16H22N8O. The van der Waals surface area contributed by atoms with Crippen molar-refractivity contribution >= 4 is 16.9 Å². The lowest BCUT2D eigenvalue weighted by molar-refractivity contribution is 0.215. The second kappa shape index (κ2) is 6.40. The number of fused-ring (bicyclic) bond motifs is 1. The Morgan fingerprint density at radius 3 is 2.68 bits per heavy atom. The molecule has 0 aromatic carbocycles. The Morgan fingerprint density at radius 2 is 1.96 bits per heavy atom. The van der Waals surface area contributed by atoms with Gasteiger partial charge in [0.25, 0.3) is 0 Å². The maximum Gasteiger partial charge on any atom is 0.240 e. The van der Waals surface area contributed by atoms with E-state index in [0.29, 0.717) is 12.4 Å². The van der Waals surface area contributed by atoms with Crippen molar-refractivity contribution in [3.8, 4) is 0 Å². The van der Waals surface area contributed by atoms with Crippen molar-refractivity contribution in [2.75, 3.05) is 31.1 Å². The normalized spacial score (nSPS) is 16.2. The number of hydrogen-bond acceptors (Lipinski definition) is 8. The molecule has 0 atom stereocenters. The lowest BCUT2D eigenvalue weighted by Gasteiger charge is -2.34. The highest BCUT2D eigenvalue weighted by molar-refractivity contribution is 5.86. The van der Waals surface area contributed by atoms with Gasteiger partial charge in [-0.2, -0.15) is 10.1 Å². The minimum Gasteiger partial charge on any atom is -0.353 e. The van der Waals surface area contributed by atoms with Gasteiger partial charge in [0.15, 0.2) is 11.5 Å². The summed E-state index contributed by atoms with van der Waals surface area (Å²) in [6.45, 7) is 8.46. The summed E-state index contributed by atoms with van der Waals surface area (Å²) in [5.41, 5.74) is 0.861. The smallest absolute Gasteiger partial charge is 0.240 e. The van der Waals surface area contributed by atoms with Crippen LogP contribution in [0.4, 0.5) is 5.82 Å². The molecule has 4 heterocycles. The van der Waals surface area contributed by atoms with Gasteiger partial charge in [0, 0.05) is 39.1 Å². The molecule has 1 aliphatic rings. The van der Waals surface area contributed by atoms with E-state index >= 15 is 0 Å². The number of aryl methyl sites for hydroxylation is 1. The summed E-state index contributed by atoms with van der Waals surface area (Å²) in [6, 6.07) is 0. The van der Waals surface area contributed by atoms with Gasteiger partial charge in [-0.25, -0.2) is 9.97 Å². The summed E-state index contributed by atoms with van der Waals surface area (Å²) < 4.78 is 7.13. The lowest BCUT2D eigenvalue weighted by Crippen LogP contribution is -2.46. The van der Waals surface area contributed by atoms with Crippen LogP contribution in [0.5, 0.6) is 0 Å². The van der Waals surface area contributed by atoms with Crippen molar-refractivity contribution < 1.29 is 4.52 Å². The van der Waals surface area contributed by atoms with Gasteiger partial charge in [-0.15, -0.1) is 0 Å². The molecule has 0 saturated carbocycles. The monoisotopic (exact) mass is 342 g/mol. The van der Waals surface area contributed by atoms with Crippen molar-refractivity contribution in [1.82, 2.24) is 34.8 Å². The van der Waals surface area contributed by atoms with Crippen molar-refractivity contribution in [1.29, 1.82) is 0 Å². The van der Waals surface area contributed by atoms with Crippen LogP contribution in [0.15, 0.2) is 17.0 Å². The second-order valence-corrected chi connectivity index (χ2v) is 6.67. The van der Waals surface area contributed by atoms with Crippen LogP contribution in [0, 0.1) is 0 Å². The second-order valence-electron chi connectivity index (χ2n) is 6.67. The first-order chi connectivity index (χ1) is 12.1. The first-order valence-corrected chi connectivity index (χ1v) is 8.54. The highest BCUT2D eigenvalue weighted by Crippen LogP contribution is 2.23. The zero-order valence-electron chi connectivity index (χ0n) is 14.8. The maximum absolute atomic E-state index is 5.35. The average Bonchev–Trinajstić information content (AvgIpc) is 3.23.